The molecule has 2 aromatic rings. The number of rotatable bonds is 4. The molecule has 0 aliphatic rings. The first-order chi connectivity index (χ1) is 10.6. The van der Waals surface area contributed by atoms with E-state index in [4.69, 9.17) is 10.00 Å². The summed E-state index contributed by atoms with van der Waals surface area (Å²) in [4.78, 5) is 13.7. The van der Waals surface area contributed by atoms with Gasteiger partial charge in [0, 0.05) is 19.3 Å². The van der Waals surface area contributed by atoms with Crippen molar-refractivity contribution in [3.05, 3.63) is 59.7 Å². The van der Waals surface area contributed by atoms with Crippen LogP contribution in [0.25, 0.3) is 0 Å². The van der Waals surface area contributed by atoms with Crippen LogP contribution in [-0.4, -0.2) is 25.1 Å². The zero-order valence-electron chi connectivity index (χ0n) is 12.5. The molecule has 5 heteroatoms. The van der Waals surface area contributed by atoms with E-state index in [0.29, 0.717) is 17.8 Å². The molecule has 0 saturated heterocycles. The molecule has 2 aromatic carbocycles. The molecule has 0 aromatic heterocycles. The lowest BCUT2D eigenvalue weighted by atomic mass is 10.1. The van der Waals surface area contributed by atoms with Gasteiger partial charge in [0.25, 0.3) is 0 Å². The smallest absolute Gasteiger partial charge is 0.321 e. The van der Waals surface area contributed by atoms with Crippen molar-refractivity contribution in [2.75, 3.05) is 19.5 Å². The fourth-order valence-electron chi connectivity index (χ4n) is 1.92. The Morgan fingerprint density at radius 3 is 2.36 bits per heavy atom. The molecule has 2 rings (SSSR count). The third-order valence-electron chi connectivity index (χ3n) is 3.19. The second kappa shape index (κ2) is 7.14. The summed E-state index contributed by atoms with van der Waals surface area (Å²) in [5.41, 5.74) is 2.28. The van der Waals surface area contributed by atoms with Crippen LogP contribution in [0, 0.1) is 11.3 Å². The molecular formula is C17H17N3O2. The maximum Gasteiger partial charge on any atom is 0.321 e. The van der Waals surface area contributed by atoms with Gasteiger partial charge in [0.05, 0.1) is 18.7 Å². The number of methoxy groups -OCH3 is 1. The summed E-state index contributed by atoms with van der Waals surface area (Å²) in [6.45, 7) is 0.466. The SMILES string of the molecule is COc1ccc(NC(=O)N(C)Cc2ccc(C#N)cc2)cc1. The van der Waals surface area contributed by atoms with Gasteiger partial charge in [-0.05, 0) is 42.0 Å². The number of benzene rings is 2. The van der Waals surface area contributed by atoms with Crippen LogP contribution in [0.5, 0.6) is 5.75 Å². The van der Waals surface area contributed by atoms with Gasteiger partial charge >= 0.3 is 6.03 Å². The van der Waals surface area contributed by atoms with Crippen LogP contribution in [0.15, 0.2) is 48.5 Å². The molecule has 0 bridgehead atoms. The van der Waals surface area contributed by atoms with Gasteiger partial charge in [-0.1, -0.05) is 12.1 Å². The fraction of sp³-hybridized carbons (Fsp3) is 0.176. The predicted molar refractivity (Wildman–Crippen MR) is 84.6 cm³/mol. The first-order valence-corrected chi connectivity index (χ1v) is 6.77. The number of nitrogens with zero attached hydrogens (tertiary/aromatic N) is 2. The van der Waals surface area contributed by atoms with E-state index in [1.54, 1.807) is 55.5 Å². The quantitative estimate of drug-likeness (QED) is 0.941. The van der Waals surface area contributed by atoms with E-state index in [0.717, 1.165) is 11.3 Å². The summed E-state index contributed by atoms with van der Waals surface area (Å²) >= 11 is 0. The number of amides is 2. The Bertz CT molecular complexity index is 673. The number of hydrogen-bond acceptors (Lipinski definition) is 3. The number of carbonyl (C=O) groups excluding carboxylic acids is 1. The molecule has 0 aliphatic carbocycles. The highest BCUT2D eigenvalue weighted by Gasteiger charge is 2.09. The molecule has 2 amide bonds. The Kier molecular flexibility index (Phi) is 4.99. The van der Waals surface area contributed by atoms with Crippen LogP contribution >= 0.6 is 0 Å². The highest BCUT2D eigenvalue weighted by Crippen LogP contribution is 2.15. The first-order valence-electron chi connectivity index (χ1n) is 6.77. The minimum absolute atomic E-state index is 0.200. The molecule has 22 heavy (non-hydrogen) atoms. The highest BCUT2D eigenvalue weighted by atomic mass is 16.5. The fourth-order valence-corrected chi connectivity index (χ4v) is 1.92. The van der Waals surface area contributed by atoms with Crippen molar-refractivity contribution in [3.63, 3.8) is 0 Å². The summed E-state index contributed by atoms with van der Waals surface area (Å²) in [7, 11) is 3.32. The van der Waals surface area contributed by atoms with Crippen molar-refractivity contribution in [2.24, 2.45) is 0 Å². The van der Waals surface area contributed by atoms with Crippen molar-refractivity contribution in [2.45, 2.75) is 6.54 Å². The average Bonchev–Trinajstić information content (AvgIpc) is 2.56. The lowest BCUT2D eigenvalue weighted by Crippen LogP contribution is -2.30. The van der Waals surface area contributed by atoms with Crippen LogP contribution in [0.3, 0.4) is 0 Å². The molecule has 0 atom stereocenters. The minimum atomic E-state index is -0.200. The summed E-state index contributed by atoms with van der Waals surface area (Å²) in [5.74, 6) is 0.740. The summed E-state index contributed by atoms with van der Waals surface area (Å²) < 4.78 is 5.07. The van der Waals surface area contributed by atoms with Gasteiger partial charge in [0.2, 0.25) is 0 Å². The number of anilines is 1. The normalized spacial score (nSPS) is 9.68. The van der Waals surface area contributed by atoms with E-state index in [1.165, 1.54) is 0 Å². The Balaban J connectivity index is 1.94. The zero-order valence-corrected chi connectivity index (χ0v) is 12.5. The van der Waals surface area contributed by atoms with E-state index in [9.17, 15) is 4.79 Å². The van der Waals surface area contributed by atoms with Crippen LogP contribution in [-0.2, 0) is 6.54 Å². The molecule has 0 heterocycles. The van der Waals surface area contributed by atoms with Crippen molar-refractivity contribution < 1.29 is 9.53 Å². The van der Waals surface area contributed by atoms with E-state index >= 15 is 0 Å². The standard InChI is InChI=1S/C17H17N3O2/c1-20(12-14-5-3-13(11-18)4-6-14)17(21)19-15-7-9-16(22-2)10-8-15/h3-10H,12H2,1-2H3,(H,19,21). The van der Waals surface area contributed by atoms with Crippen molar-refractivity contribution in [3.8, 4) is 11.8 Å². The molecule has 0 radical (unpaired) electrons. The molecule has 0 aliphatic heterocycles. The maximum absolute atomic E-state index is 12.1. The number of nitrogens with one attached hydrogen (secondary N) is 1. The van der Waals surface area contributed by atoms with Crippen molar-refractivity contribution in [1.29, 1.82) is 5.26 Å². The number of carbonyl (C=O) groups is 1. The average molecular weight is 295 g/mol. The predicted octanol–water partition coefficient (Wildman–Crippen LogP) is 3.23. The number of hydrogen-bond donors (Lipinski definition) is 1. The van der Waals surface area contributed by atoms with Gasteiger partial charge in [-0.2, -0.15) is 5.26 Å². The second-order valence-electron chi connectivity index (χ2n) is 4.82. The van der Waals surface area contributed by atoms with Gasteiger partial charge in [0.15, 0.2) is 0 Å². The lowest BCUT2D eigenvalue weighted by Gasteiger charge is -2.18. The second-order valence-corrected chi connectivity index (χ2v) is 4.82. The Hall–Kier alpha value is -3.00. The largest absolute Gasteiger partial charge is 0.497 e. The minimum Gasteiger partial charge on any atom is -0.497 e. The molecule has 5 nitrogen and oxygen atoms in total. The van der Waals surface area contributed by atoms with E-state index in [1.807, 2.05) is 12.1 Å². The van der Waals surface area contributed by atoms with Crippen LogP contribution in [0.2, 0.25) is 0 Å². The number of urea groups is 1. The topological polar surface area (TPSA) is 65.4 Å². The number of nitriles is 1. The molecule has 0 spiro atoms. The van der Waals surface area contributed by atoms with Crippen LogP contribution in [0.4, 0.5) is 10.5 Å². The number of ether oxygens (including phenoxy) is 1. The Morgan fingerprint density at radius 1 is 1.18 bits per heavy atom. The highest BCUT2D eigenvalue weighted by molar-refractivity contribution is 5.89. The monoisotopic (exact) mass is 295 g/mol. The van der Waals surface area contributed by atoms with Crippen molar-refractivity contribution >= 4 is 11.7 Å². The molecule has 0 saturated carbocycles. The van der Waals surface area contributed by atoms with Crippen LogP contribution < -0.4 is 10.1 Å². The van der Waals surface area contributed by atoms with E-state index in [2.05, 4.69) is 11.4 Å². The third-order valence-corrected chi connectivity index (χ3v) is 3.19. The maximum atomic E-state index is 12.1. The summed E-state index contributed by atoms with van der Waals surface area (Å²) in [6.07, 6.45) is 0. The Labute approximate surface area is 129 Å². The zero-order chi connectivity index (χ0) is 15.9. The lowest BCUT2D eigenvalue weighted by molar-refractivity contribution is 0.220. The van der Waals surface area contributed by atoms with Gasteiger partial charge in [-0.3, -0.25) is 0 Å². The van der Waals surface area contributed by atoms with E-state index < -0.39 is 0 Å². The molecule has 0 fully saturated rings. The van der Waals surface area contributed by atoms with Gasteiger partial charge in [-0.15, -0.1) is 0 Å². The van der Waals surface area contributed by atoms with Crippen molar-refractivity contribution in [1.82, 2.24) is 4.90 Å². The van der Waals surface area contributed by atoms with Crippen LogP contribution in [0.1, 0.15) is 11.1 Å². The third kappa shape index (κ3) is 4.00. The van der Waals surface area contributed by atoms with Gasteiger partial charge in [0.1, 0.15) is 5.75 Å². The van der Waals surface area contributed by atoms with E-state index in [-0.39, 0.29) is 6.03 Å². The summed E-state index contributed by atoms with van der Waals surface area (Å²) in [6, 6.07) is 16.2. The molecule has 112 valence electrons. The molecule has 0 unspecified atom stereocenters. The Morgan fingerprint density at radius 2 is 1.82 bits per heavy atom. The summed E-state index contributed by atoms with van der Waals surface area (Å²) in [5, 5.41) is 11.6. The van der Waals surface area contributed by atoms with Gasteiger partial charge < -0.3 is 15.0 Å². The molecule has 1 N–H and O–H groups in total. The molecular weight excluding hydrogens is 278 g/mol. The first kappa shape index (κ1) is 15.4. The van der Waals surface area contributed by atoms with Gasteiger partial charge in [-0.25, -0.2) is 4.79 Å².